The number of rotatable bonds is 3. The number of imidazole rings is 1. The molecule has 0 saturated carbocycles. The zero-order chi connectivity index (χ0) is 20.2. The lowest BCUT2D eigenvalue weighted by atomic mass is 10.3. The fourth-order valence-corrected chi connectivity index (χ4v) is 3.16. The van der Waals surface area contributed by atoms with Crippen LogP contribution in [0.1, 0.15) is 6.92 Å². The van der Waals surface area contributed by atoms with Crippen LogP contribution in [0.15, 0.2) is 30.5 Å². The highest BCUT2D eigenvalue weighted by atomic mass is 16.6. The van der Waals surface area contributed by atoms with E-state index in [1.807, 2.05) is 24.3 Å². The van der Waals surface area contributed by atoms with E-state index in [0.29, 0.717) is 49.3 Å². The Morgan fingerprint density at radius 3 is 2.79 bits per heavy atom. The number of hydrogen-bond donors (Lipinski definition) is 2. The van der Waals surface area contributed by atoms with E-state index < -0.39 is 0 Å². The minimum Gasteiger partial charge on any atom is -0.436 e. The molecule has 1 aliphatic rings. The van der Waals surface area contributed by atoms with Gasteiger partial charge in [-0.05, 0) is 19.1 Å². The number of piperazine rings is 1. The number of nitrogens with two attached hydrogens (primary N) is 1. The Balaban J connectivity index is 1.48. The second kappa shape index (κ2) is 8.06. The van der Waals surface area contributed by atoms with Crippen molar-refractivity contribution < 1.29 is 9.53 Å². The van der Waals surface area contributed by atoms with E-state index in [9.17, 15) is 4.79 Å². The third kappa shape index (κ3) is 3.91. The molecule has 0 radical (unpaired) electrons. The maximum atomic E-state index is 12.0. The zero-order valence-corrected chi connectivity index (χ0v) is 16.1. The molecule has 1 aromatic carbocycles. The quantitative estimate of drug-likeness (QED) is 0.655. The highest BCUT2D eigenvalue weighted by molar-refractivity contribution is 5.80. The van der Waals surface area contributed by atoms with Crippen molar-refractivity contribution in [3.63, 3.8) is 0 Å². The van der Waals surface area contributed by atoms with Crippen LogP contribution in [0.2, 0.25) is 0 Å². The van der Waals surface area contributed by atoms with E-state index in [2.05, 4.69) is 36.7 Å². The van der Waals surface area contributed by atoms with Crippen LogP contribution in [0.3, 0.4) is 0 Å². The molecule has 1 saturated heterocycles. The number of amides is 1. The molecule has 1 amide bonds. The molecule has 0 aliphatic carbocycles. The van der Waals surface area contributed by atoms with Gasteiger partial charge in [-0.15, -0.1) is 5.92 Å². The third-order valence-corrected chi connectivity index (χ3v) is 4.71. The highest BCUT2D eigenvalue weighted by Crippen LogP contribution is 2.25. The van der Waals surface area contributed by atoms with Crippen LogP contribution in [-0.4, -0.2) is 63.7 Å². The highest BCUT2D eigenvalue weighted by Gasteiger charge is 2.24. The van der Waals surface area contributed by atoms with Crippen molar-refractivity contribution in [2.45, 2.75) is 6.92 Å². The molecule has 3 heterocycles. The average Bonchev–Trinajstić information content (AvgIpc) is 3.18. The van der Waals surface area contributed by atoms with Crippen molar-refractivity contribution in [2.24, 2.45) is 0 Å². The summed E-state index contributed by atoms with van der Waals surface area (Å²) >= 11 is 0. The predicted octanol–water partition coefficient (Wildman–Crippen LogP) is 1.88. The van der Waals surface area contributed by atoms with Crippen molar-refractivity contribution in [3.05, 3.63) is 30.5 Å². The largest absolute Gasteiger partial charge is 0.436 e. The number of hydrogen-bond acceptors (Lipinski definition) is 7. The lowest BCUT2D eigenvalue weighted by Crippen LogP contribution is -2.49. The summed E-state index contributed by atoms with van der Waals surface area (Å²) in [4.78, 5) is 32.6. The first-order valence-electron chi connectivity index (χ1n) is 9.29. The number of anilines is 2. The van der Waals surface area contributed by atoms with Crippen LogP contribution in [0.25, 0.3) is 22.6 Å². The third-order valence-electron chi connectivity index (χ3n) is 4.71. The minimum absolute atomic E-state index is 0.111. The Bertz CT molecular complexity index is 1060. The summed E-state index contributed by atoms with van der Waals surface area (Å²) in [6, 6.07) is 7.74. The molecular weight excluding hydrogens is 370 g/mol. The smallest absolute Gasteiger partial charge is 0.410 e. The molecule has 3 aromatic rings. The number of H-pyrrole nitrogens is 1. The molecule has 0 bridgehead atoms. The van der Waals surface area contributed by atoms with Crippen molar-refractivity contribution in [2.75, 3.05) is 43.4 Å². The van der Waals surface area contributed by atoms with E-state index in [0.717, 1.165) is 11.0 Å². The van der Waals surface area contributed by atoms with Crippen molar-refractivity contribution in [1.82, 2.24) is 24.8 Å². The molecule has 1 fully saturated rings. The number of benzene rings is 1. The summed E-state index contributed by atoms with van der Waals surface area (Å²) in [5, 5.41) is 0. The number of carbonyl (C=O) groups excluding carboxylic acids is 1. The van der Waals surface area contributed by atoms with E-state index in [4.69, 9.17) is 10.5 Å². The minimum atomic E-state index is -0.348. The lowest BCUT2D eigenvalue weighted by Gasteiger charge is -2.34. The summed E-state index contributed by atoms with van der Waals surface area (Å²) in [7, 11) is 0. The van der Waals surface area contributed by atoms with Gasteiger partial charge in [0, 0.05) is 26.2 Å². The second-order valence-electron chi connectivity index (χ2n) is 6.52. The SMILES string of the molecule is CC#CCOC(=O)N1CCN(c2cnc(N)c(-c3nc4ccccc4[nH]3)n2)CC1. The molecule has 29 heavy (non-hydrogen) atoms. The first kappa shape index (κ1) is 18.6. The summed E-state index contributed by atoms with van der Waals surface area (Å²) < 4.78 is 5.12. The standard InChI is InChI=1S/C20H21N7O2/c1-2-3-12-29-20(28)27-10-8-26(9-11-27)16-13-22-18(21)17(25-16)19-23-14-6-4-5-7-15(14)24-19/h4-7,13H,8-12H2,1H3,(H2,21,22)(H,23,24). The van der Waals surface area contributed by atoms with Gasteiger partial charge in [-0.1, -0.05) is 18.1 Å². The zero-order valence-electron chi connectivity index (χ0n) is 16.1. The molecular formula is C20H21N7O2. The number of ether oxygens (including phenoxy) is 1. The number of nitrogens with one attached hydrogen (secondary N) is 1. The fourth-order valence-electron chi connectivity index (χ4n) is 3.16. The van der Waals surface area contributed by atoms with Crippen LogP contribution >= 0.6 is 0 Å². The van der Waals surface area contributed by atoms with Gasteiger partial charge in [0.1, 0.15) is 5.82 Å². The van der Waals surface area contributed by atoms with Crippen LogP contribution < -0.4 is 10.6 Å². The molecule has 4 rings (SSSR count). The Morgan fingerprint density at radius 1 is 1.24 bits per heavy atom. The van der Waals surface area contributed by atoms with E-state index in [1.165, 1.54) is 0 Å². The molecule has 3 N–H and O–H groups in total. The van der Waals surface area contributed by atoms with Gasteiger partial charge in [0.2, 0.25) is 0 Å². The van der Waals surface area contributed by atoms with Crippen molar-refractivity contribution in [3.8, 4) is 23.4 Å². The van der Waals surface area contributed by atoms with Crippen LogP contribution in [0, 0.1) is 11.8 Å². The Morgan fingerprint density at radius 2 is 2.03 bits per heavy atom. The fraction of sp³-hybridized carbons (Fsp3) is 0.300. The molecule has 0 atom stereocenters. The van der Waals surface area contributed by atoms with Gasteiger partial charge in [-0.3, -0.25) is 0 Å². The van der Waals surface area contributed by atoms with Gasteiger partial charge in [-0.2, -0.15) is 0 Å². The van der Waals surface area contributed by atoms with Crippen LogP contribution in [0.4, 0.5) is 16.4 Å². The predicted molar refractivity (Wildman–Crippen MR) is 110 cm³/mol. The molecule has 0 spiro atoms. The first-order valence-corrected chi connectivity index (χ1v) is 9.29. The first-order chi connectivity index (χ1) is 14.2. The Hall–Kier alpha value is -3.80. The van der Waals surface area contributed by atoms with E-state index in [1.54, 1.807) is 18.0 Å². The second-order valence-corrected chi connectivity index (χ2v) is 6.52. The molecule has 9 heteroatoms. The summed E-state index contributed by atoms with van der Waals surface area (Å²) in [5.74, 6) is 7.01. The van der Waals surface area contributed by atoms with Crippen LogP contribution in [-0.2, 0) is 4.74 Å². The number of aromatic nitrogens is 4. The number of carbonyl (C=O) groups is 1. The lowest BCUT2D eigenvalue weighted by molar-refractivity contribution is 0.111. The number of aromatic amines is 1. The number of nitrogens with zero attached hydrogens (tertiary/aromatic N) is 5. The molecule has 0 unspecified atom stereocenters. The molecule has 148 valence electrons. The molecule has 2 aromatic heterocycles. The molecule has 1 aliphatic heterocycles. The normalized spacial score (nSPS) is 13.8. The topological polar surface area (TPSA) is 113 Å². The maximum absolute atomic E-state index is 12.0. The summed E-state index contributed by atoms with van der Waals surface area (Å²) in [6.45, 7) is 4.12. The monoisotopic (exact) mass is 391 g/mol. The van der Waals surface area contributed by atoms with Gasteiger partial charge in [-0.25, -0.2) is 19.7 Å². The van der Waals surface area contributed by atoms with Gasteiger partial charge < -0.3 is 25.3 Å². The summed E-state index contributed by atoms with van der Waals surface area (Å²) in [5.41, 5.74) is 8.33. The van der Waals surface area contributed by atoms with Gasteiger partial charge in [0.25, 0.3) is 0 Å². The van der Waals surface area contributed by atoms with Gasteiger partial charge in [0.05, 0.1) is 17.2 Å². The summed E-state index contributed by atoms with van der Waals surface area (Å²) in [6.07, 6.45) is 1.30. The van der Waals surface area contributed by atoms with E-state index in [-0.39, 0.29) is 12.7 Å². The molecule has 9 nitrogen and oxygen atoms in total. The van der Waals surface area contributed by atoms with Crippen molar-refractivity contribution in [1.29, 1.82) is 0 Å². The van der Waals surface area contributed by atoms with Gasteiger partial charge in [0.15, 0.2) is 23.9 Å². The van der Waals surface area contributed by atoms with Crippen LogP contribution in [0.5, 0.6) is 0 Å². The van der Waals surface area contributed by atoms with Crippen molar-refractivity contribution >= 4 is 28.8 Å². The average molecular weight is 391 g/mol. The Kier molecular flexibility index (Phi) is 5.16. The maximum Gasteiger partial charge on any atom is 0.410 e. The number of fused-ring (bicyclic) bond motifs is 1. The van der Waals surface area contributed by atoms with E-state index >= 15 is 0 Å². The Labute approximate surface area is 167 Å². The number of para-hydroxylation sites is 2. The number of nitrogen functional groups attached to an aromatic ring is 1. The van der Waals surface area contributed by atoms with Gasteiger partial charge >= 0.3 is 6.09 Å².